The van der Waals surface area contributed by atoms with E-state index in [1.54, 1.807) is 12.1 Å². The van der Waals surface area contributed by atoms with Gasteiger partial charge in [-0.15, -0.1) is 18.2 Å². The van der Waals surface area contributed by atoms with Crippen molar-refractivity contribution in [3.05, 3.63) is 197 Å². The molecule has 7 heteroatoms. The maximum absolute atomic E-state index is 7.56. The molecule has 0 saturated carbocycles. The van der Waals surface area contributed by atoms with E-state index in [0.29, 0.717) is 5.56 Å². The summed E-state index contributed by atoms with van der Waals surface area (Å²) in [7, 11) is 0. The zero-order valence-corrected chi connectivity index (χ0v) is 46.0. The predicted octanol–water partition coefficient (Wildman–Crippen LogP) is 16.0. The van der Waals surface area contributed by atoms with Crippen LogP contribution in [0.1, 0.15) is 96.7 Å². The van der Waals surface area contributed by atoms with Crippen LogP contribution < -0.4 is 4.40 Å². The van der Waals surface area contributed by atoms with E-state index in [4.69, 9.17) is 23.5 Å². The molecule has 0 aliphatic heterocycles. The molecule has 351 valence electrons. The summed E-state index contributed by atoms with van der Waals surface area (Å²) in [5.74, 6) is 8.54. The molecule has 4 heterocycles. The molecule has 5 nitrogen and oxygen atoms in total. The third-order valence-corrected chi connectivity index (χ3v) is 17.4. The van der Waals surface area contributed by atoms with Crippen LogP contribution in [0.5, 0.6) is 0 Å². The van der Waals surface area contributed by atoms with Crippen LogP contribution in [0.15, 0.2) is 150 Å². The van der Waals surface area contributed by atoms with Gasteiger partial charge in [0.2, 0.25) is 0 Å². The third kappa shape index (κ3) is 9.69. The molecule has 10 rings (SSSR count). The van der Waals surface area contributed by atoms with E-state index < -0.39 is 20.1 Å². The number of hydrogen-bond acceptors (Lipinski definition) is 4. The second-order valence-electron chi connectivity index (χ2n) is 20.2. The number of nitrogens with zero attached hydrogens (tertiary/aromatic N) is 4. The first-order chi connectivity index (χ1) is 33.7. The van der Waals surface area contributed by atoms with E-state index in [0.717, 1.165) is 67.0 Å². The molecule has 1 radical (unpaired) electrons. The van der Waals surface area contributed by atoms with E-state index >= 15 is 0 Å². The van der Waals surface area contributed by atoms with Crippen LogP contribution in [0.25, 0.3) is 72.4 Å². The second kappa shape index (κ2) is 19.8. The first-order valence-corrected chi connectivity index (χ1v) is 31.1. The topological polar surface area (TPSA) is 56.7 Å². The van der Waals surface area contributed by atoms with Gasteiger partial charge in [-0.3, -0.25) is 9.97 Å². The Labute approximate surface area is 429 Å². The van der Waals surface area contributed by atoms with Gasteiger partial charge in [-0.2, -0.15) is 0 Å². The number of hydrogen-bond donors (Lipinski definition) is 0. The van der Waals surface area contributed by atoms with Crippen LogP contribution in [0, 0.1) is 32.8 Å². The number of pyridine rings is 2. The van der Waals surface area contributed by atoms with E-state index in [2.05, 4.69) is 179 Å². The summed E-state index contributed by atoms with van der Waals surface area (Å²) in [5.41, 5.74) is 16.9. The molecule has 0 aliphatic carbocycles. The van der Waals surface area contributed by atoms with Crippen molar-refractivity contribution in [3.63, 3.8) is 0 Å². The van der Waals surface area contributed by atoms with Crippen molar-refractivity contribution in [1.29, 1.82) is 0 Å². The minimum Gasteiger partial charge on any atom is 0 e. The molecule has 0 amide bonds. The molecule has 0 bridgehead atoms. The summed E-state index contributed by atoms with van der Waals surface area (Å²) in [6.07, 6.45) is 2.04. The summed E-state index contributed by atoms with van der Waals surface area (Å²) >= 11 is -2.18. The summed E-state index contributed by atoms with van der Waals surface area (Å²) < 4.78 is 32.9. The van der Waals surface area contributed by atoms with Gasteiger partial charge >= 0.3 is 165 Å². The quantitative estimate of drug-likeness (QED) is 0.107. The number of aryl methyl sites for hydroxylation is 3. The van der Waals surface area contributed by atoms with Crippen molar-refractivity contribution in [2.45, 2.75) is 96.8 Å². The van der Waals surface area contributed by atoms with Gasteiger partial charge in [0.25, 0.3) is 0 Å². The van der Waals surface area contributed by atoms with E-state index in [9.17, 15) is 0 Å². The zero-order chi connectivity index (χ0) is 50.6. The van der Waals surface area contributed by atoms with Gasteiger partial charge in [0.05, 0.1) is 28.1 Å². The largest absolute Gasteiger partial charge is 0 e. The molecule has 10 aromatic rings. The van der Waals surface area contributed by atoms with Gasteiger partial charge < -0.3 is 8.98 Å². The number of benzene rings is 6. The Bertz CT molecular complexity index is 3530. The fourth-order valence-corrected chi connectivity index (χ4v) is 13.0. The van der Waals surface area contributed by atoms with Crippen molar-refractivity contribution in [2.24, 2.45) is 0 Å². The monoisotopic (exact) mass is 1150 g/mol. The van der Waals surface area contributed by atoms with Gasteiger partial charge in [0, 0.05) is 36.9 Å². The molecule has 69 heavy (non-hydrogen) atoms. The van der Waals surface area contributed by atoms with Crippen LogP contribution >= 0.6 is 0 Å². The van der Waals surface area contributed by atoms with Crippen LogP contribution in [-0.2, 0) is 25.5 Å². The molecule has 6 aromatic carbocycles. The molecular weight excluding hydrogens is 1080 g/mol. The van der Waals surface area contributed by atoms with Crippen molar-refractivity contribution in [1.82, 2.24) is 19.5 Å². The summed E-state index contributed by atoms with van der Waals surface area (Å²) in [6.45, 7) is 15.6. The van der Waals surface area contributed by atoms with Crippen LogP contribution in [0.2, 0.25) is 17.3 Å². The number of fused-ring (bicyclic) bond motifs is 4. The Hall–Kier alpha value is -5.92. The minimum atomic E-state index is -2.18. The molecule has 0 spiro atoms. The Morgan fingerprint density at radius 1 is 0.725 bits per heavy atom. The molecule has 4 aromatic heterocycles. The fourth-order valence-electron chi connectivity index (χ4n) is 9.56. The Morgan fingerprint density at radius 3 is 2.03 bits per heavy atom. The maximum atomic E-state index is 7.56. The Balaban J connectivity index is 0.000000204. The van der Waals surface area contributed by atoms with Gasteiger partial charge in [0.15, 0.2) is 0 Å². The first-order valence-electron chi connectivity index (χ1n) is 25.2. The van der Waals surface area contributed by atoms with Crippen LogP contribution in [0.4, 0.5) is 0 Å². The number of aromatic nitrogens is 4. The number of furan rings is 1. The molecule has 0 aliphatic rings. The number of rotatable bonds is 9. The number of para-hydroxylation sites is 1. The molecule has 0 unspecified atom stereocenters. The minimum absolute atomic E-state index is 0. The average Bonchev–Trinajstić information content (AvgIpc) is 3.92. The van der Waals surface area contributed by atoms with Gasteiger partial charge in [-0.25, -0.2) is 0 Å². The van der Waals surface area contributed by atoms with Crippen molar-refractivity contribution < 1.29 is 28.6 Å². The Morgan fingerprint density at radius 2 is 1.39 bits per heavy atom. The summed E-state index contributed by atoms with van der Waals surface area (Å²) in [6, 6.07) is 54.3. The molecule has 0 N–H and O–H groups in total. The molecule has 0 fully saturated rings. The van der Waals surface area contributed by atoms with Crippen molar-refractivity contribution >= 4 is 50.6 Å². The maximum Gasteiger partial charge on any atom is 0 e. The van der Waals surface area contributed by atoms with E-state index in [-0.39, 0.29) is 37.4 Å². The van der Waals surface area contributed by atoms with Crippen LogP contribution in [0.3, 0.4) is 0 Å². The molecule has 0 saturated heterocycles. The average molecular weight is 1150 g/mol. The molecular formula is C62H62GeIrN4O-2. The van der Waals surface area contributed by atoms with Crippen LogP contribution in [-0.4, -0.2) is 32.8 Å². The van der Waals surface area contributed by atoms with Gasteiger partial charge in [-0.05, 0) is 72.2 Å². The fraction of sp³-hybridized carbons (Fsp3) is 0.242. The van der Waals surface area contributed by atoms with Crippen molar-refractivity contribution in [2.75, 3.05) is 0 Å². The van der Waals surface area contributed by atoms with Gasteiger partial charge in [0.1, 0.15) is 5.58 Å². The SMILES string of the molecule is Cc1cc2c(nc(-c3[c-]ccc4c3oc3ccccc34)n2-c2c(C(C)C)cc(-c3ccccc3)cc2C(C)C)c(C)n1.[2H]C([2H])([2H])c1c[c-]c(-c2cc(C(C)(C)c3ccccc3)[c]([Ge]([CH3])([CH3])[CH3])cn2)cc1.[Ir]. The number of imidazole rings is 1. The summed E-state index contributed by atoms with van der Waals surface area (Å²) in [5, 5.41) is 2.16. The zero-order valence-electron chi connectivity index (χ0n) is 44.5. The first kappa shape index (κ1) is 45.5. The molecule has 0 atom stereocenters. The van der Waals surface area contributed by atoms with Crippen molar-refractivity contribution in [3.8, 4) is 39.5 Å². The second-order valence-corrected chi connectivity index (χ2v) is 30.8. The normalized spacial score (nSPS) is 12.7. The summed E-state index contributed by atoms with van der Waals surface area (Å²) in [4.78, 5) is 14.9. The van der Waals surface area contributed by atoms with E-state index in [1.807, 2.05) is 43.5 Å². The van der Waals surface area contributed by atoms with E-state index in [1.165, 1.54) is 43.5 Å². The third-order valence-electron chi connectivity index (χ3n) is 13.2. The Kier molecular flexibility index (Phi) is 13.1. The standard InChI is InChI=1S/C38H34N3O.C24H28GeN.Ir/c1-22(2)31-20-27(26-13-8-7-9-14-26)21-32(23(3)4)36(31)41-33-19-24(5)39-25(6)35(33)40-38(41)30-17-12-16-29-28-15-10-11-18-34(28)42-37(29)30;1-18-12-14-19(15-13-18)23-16-21(22(17-26-23)25(4,5)6)24(2,3)20-10-8-7-9-11-20;/h7-16,18-23H,1-6H3;7-14,16-17H,1-6H3;/q2*-1;/i;1D3;. The predicted molar refractivity (Wildman–Crippen MR) is 288 cm³/mol. The van der Waals surface area contributed by atoms with Gasteiger partial charge in [-0.1, -0.05) is 87.2 Å². The smallest absolute Gasteiger partial charge is 0 e.